The van der Waals surface area contributed by atoms with Crippen LogP contribution in [0.25, 0.3) is 0 Å². The molecular formula is C16H18N4O3. The summed E-state index contributed by atoms with van der Waals surface area (Å²) in [6, 6.07) is 7.71. The number of nitrogens with zero attached hydrogens (tertiary/aromatic N) is 2. The van der Waals surface area contributed by atoms with Gasteiger partial charge in [0.15, 0.2) is 5.82 Å². The first-order chi connectivity index (χ1) is 11.0. The van der Waals surface area contributed by atoms with Gasteiger partial charge in [0.05, 0.1) is 6.04 Å². The minimum Gasteiger partial charge on any atom is -0.481 e. The minimum atomic E-state index is -0.979. The lowest BCUT2D eigenvalue weighted by atomic mass is 10.1. The zero-order valence-electron chi connectivity index (χ0n) is 12.7. The van der Waals surface area contributed by atoms with E-state index in [1.807, 2.05) is 12.1 Å². The summed E-state index contributed by atoms with van der Waals surface area (Å²) in [6.45, 7) is 1.79. The van der Waals surface area contributed by atoms with E-state index in [1.54, 1.807) is 6.92 Å². The van der Waals surface area contributed by atoms with Gasteiger partial charge in [-0.15, -0.1) is 0 Å². The van der Waals surface area contributed by atoms with Crippen LogP contribution >= 0.6 is 0 Å². The summed E-state index contributed by atoms with van der Waals surface area (Å²) < 4.78 is 0. The van der Waals surface area contributed by atoms with Crippen molar-refractivity contribution >= 4 is 11.9 Å². The molecule has 120 valence electrons. The maximum absolute atomic E-state index is 12.4. The van der Waals surface area contributed by atoms with Gasteiger partial charge in [0.1, 0.15) is 12.2 Å². The molecule has 3 rings (SSSR count). The maximum Gasteiger partial charge on any atom is 0.311 e. The van der Waals surface area contributed by atoms with Crippen LogP contribution in [0.15, 0.2) is 24.3 Å². The van der Waals surface area contributed by atoms with Gasteiger partial charge in [0.2, 0.25) is 5.91 Å². The first kappa shape index (κ1) is 15.2. The summed E-state index contributed by atoms with van der Waals surface area (Å²) in [7, 11) is 0. The summed E-state index contributed by atoms with van der Waals surface area (Å²) in [4.78, 5) is 27.2. The van der Waals surface area contributed by atoms with E-state index >= 15 is 0 Å². The molecule has 3 N–H and O–H groups in total. The van der Waals surface area contributed by atoms with Crippen LogP contribution in [0.1, 0.15) is 35.7 Å². The quantitative estimate of drug-likeness (QED) is 0.764. The molecule has 0 saturated heterocycles. The number of amides is 1. The number of aliphatic carboxylic acids is 1. The van der Waals surface area contributed by atoms with Crippen molar-refractivity contribution < 1.29 is 14.7 Å². The van der Waals surface area contributed by atoms with Crippen LogP contribution in [0.2, 0.25) is 0 Å². The molecule has 0 saturated carbocycles. The molecule has 1 aromatic carbocycles. The Hall–Kier alpha value is -2.70. The van der Waals surface area contributed by atoms with Gasteiger partial charge in [0, 0.05) is 5.92 Å². The lowest BCUT2D eigenvalue weighted by molar-refractivity contribution is -0.136. The molecule has 7 nitrogen and oxygen atoms in total. The predicted molar refractivity (Wildman–Crippen MR) is 81.6 cm³/mol. The molecule has 0 bridgehead atoms. The summed E-state index contributed by atoms with van der Waals surface area (Å²) in [5.41, 5.74) is 2.45. The first-order valence-corrected chi connectivity index (χ1v) is 7.53. The summed E-state index contributed by atoms with van der Waals surface area (Å²) in [5, 5.41) is 18.2. The third-order valence-electron chi connectivity index (χ3n) is 4.04. The number of nitrogens with one attached hydrogen (secondary N) is 2. The third-order valence-corrected chi connectivity index (χ3v) is 4.04. The molecule has 2 aromatic rings. The second-order valence-corrected chi connectivity index (χ2v) is 5.81. The average molecular weight is 314 g/mol. The topological polar surface area (TPSA) is 108 Å². The highest BCUT2D eigenvalue weighted by Gasteiger charge is 2.28. The van der Waals surface area contributed by atoms with Crippen LogP contribution in [0, 0.1) is 5.92 Å². The number of rotatable bonds is 5. The van der Waals surface area contributed by atoms with Crippen LogP contribution in [-0.4, -0.2) is 32.2 Å². The van der Waals surface area contributed by atoms with E-state index < -0.39 is 5.97 Å². The van der Waals surface area contributed by atoms with Crippen molar-refractivity contribution in [1.29, 1.82) is 0 Å². The van der Waals surface area contributed by atoms with Crippen molar-refractivity contribution in [3.8, 4) is 0 Å². The number of carbonyl (C=O) groups excluding carboxylic acids is 1. The fourth-order valence-electron chi connectivity index (χ4n) is 2.87. The number of hydrogen-bond acceptors (Lipinski definition) is 4. The molecule has 0 fully saturated rings. The number of aromatic nitrogens is 3. The molecule has 1 aromatic heterocycles. The normalized spacial score (nSPS) is 15.2. The Bertz CT molecular complexity index is 715. The Morgan fingerprint density at radius 3 is 2.61 bits per heavy atom. The highest BCUT2D eigenvalue weighted by Crippen LogP contribution is 2.27. The van der Waals surface area contributed by atoms with Crippen LogP contribution in [0.5, 0.6) is 0 Å². The second kappa shape index (κ2) is 6.20. The lowest BCUT2D eigenvalue weighted by Gasteiger charge is -2.14. The summed E-state index contributed by atoms with van der Waals surface area (Å²) in [6.07, 6.45) is 1.27. The maximum atomic E-state index is 12.4. The van der Waals surface area contributed by atoms with E-state index in [9.17, 15) is 9.59 Å². The Balaban J connectivity index is 1.60. The number of fused-ring (bicyclic) bond motifs is 1. The number of benzene rings is 1. The van der Waals surface area contributed by atoms with E-state index in [2.05, 4.69) is 32.6 Å². The molecule has 1 heterocycles. The molecule has 23 heavy (non-hydrogen) atoms. The fourth-order valence-corrected chi connectivity index (χ4v) is 2.87. The zero-order valence-corrected chi connectivity index (χ0v) is 12.7. The molecule has 7 heteroatoms. The van der Waals surface area contributed by atoms with Gasteiger partial charge < -0.3 is 10.4 Å². The molecular weight excluding hydrogens is 296 g/mol. The van der Waals surface area contributed by atoms with Crippen molar-refractivity contribution in [2.45, 2.75) is 32.2 Å². The minimum absolute atomic E-state index is 0.0294. The molecule has 0 radical (unpaired) electrons. The number of aromatic amines is 1. The smallest absolute Gasteiger partial charge is 0.311 e. The van der Waals surface area contributed by atoms with Gasteiger partial charge in [-0.3, -0.25) is 14.7 Å². The van der Waals surface area contributed by atoms with Crippen molar-refractivity contribution in [2.24, 2.45) is 5.92 Å². The average Bonchev–Trinajstić information content (AvgIpc) is 3.12. The number of carboxylic acids is 1. The number of H-pyrrole nitrogens is 1. The van der Waals surface area contributed by atoms with E-state index in [0.29, 0.717) is 5.82 Å². The number of hydrogen-bond donors (Lipinski definition) is 3. The molecule has 0 aliphatic heterocycles. The Morgan fingerprint density at radius 2 is 2.00 bits per heavy atom. The van der Waals surface area contributed by atoms with Crippen LogP contribution in [0.4, 0.5) is 0 Å². The highest BCUT2D eigenvalue weighted by molar-refractivity contribution is 5.80. The van der Waals surface area contributed by atoms with Crippen molar-refractivity contribution in [2.75, 3.05) is 0 Å². The standard InChI is InChI=1S/C16H18N4O3/c1-9(15-18-13(19-20-15)8-14(21)22)17-16(23)12-6-10-4-2-3-5-11(10)7-12/h2-5,9,12H,6-8H2,1H3,(H,17,23)(H,21,22)(H,18,19,20)/t9-/m1/s1. The van der Waals surface area contributed by atoms with Crippen molar-refractivity contribution in [1.82, 2.24) is 20.5 Å². The molecule has 1 aliphatic carbocycles. The molecule has 0 spiro atoms. The van der Waals surface area contributed by atoms with Gasteiger partial charge >= 0.3 is 5.97 Å². The van der Waals surface area contributed by atoms with Gasteiger partial charge in [0.25, 0.3) is 0 Å². The largest absolute Gasteiger partial charge is 0.481 e. The second-order valence-electron chi connectivity index (χ2n) is 5.81. The predicted octanol–water partition coefficient (Wildman–Crippen LogP) is 1.02. The third kappa shape index (κ3) is 3.39. The van der Waals surface area contributed by atoms with Gasteiger partial charge in [-0.2, -0.15) is 5.10 Å². The van der Waals surface area contributed by atoms with Crippen molar-refractivity contribution in [3.05, 3.63) is 47.0 Å². The Kier molecular flexibility index (Phi) is 4.10. The van der Waals surface area contributed by atoms with E-state index in [-0.39, 0.29) is 30.1 Å². The molecule has 1 atom stereocenters. The van der Waals surface area contributed by atoms with Gasteiger partial charge in [-0.05, 0) is 30.9 Å². The Morgan fingerprint density at radius 1 is 1.35 bits per heavy atom. The number of carboxylic acid groups (broad SMARTS) is 1. The van der Waals surface area contributed by atoms with E-state index in [0.717, 1.165) is 12.8 Å². The zero-order chi connectivity index (χ0) is 16.4. The van der Waals surface area contributed by atoms with Gasteiger partial charge in [-0.1, -0.05) is 24.3 Å². The van der Waals surface area contributed by atoms with E-state index in [1.165, 1.54) is 11.1 Å². The monoisotopic (exact) mass is 314 g/mol. The molecule has 1 aliphatic rings. The van der Waals surface area contributed by atoms with Gasteiger partial charge in [-0.25, -0.2) is 4.98 Å². The van der Waals surface area contributed by atoms with Crippen LogP contribution < -0.4 is 5.32 Å². The van der Waals surface area contributed by atoms with Crippen molar-refractivity contribution in [3.63, 3.8) is 0 Å². The SMILES string of the molecule is C[C@@H](NC(=O)C1Cc2ccccc2C1)c1n[nH]c(CC(=O)O)n1. The Labute approximate surface area is 133 Å². The molecule has 1 amide bonds. The van der Waals surface area contributed by atoms with Crippen LogP contribution in [-0.2, 0) is 28.9 Å². The summed E-state index contributed by atoms with van der Waals surface area (Å²) >= 11 is 0. The van der Waals surface area contributed by atoms with E-state index in [4.69, 9.17) is 5.11 Å². The van der Waals surface area contributed by atoms with Crippen LogP contribution in [0.3, 0.4) is 0 Å². The molecule has 0 unspecified atom stereocenters. The number of carbonyl (C=O) groups is 2. The lowest BCUT2D eigenvalue weighted by Crippen LogP contribution is -2.33. The first-order valence-electron chi connectivity index (χ1n) is 7.53. The highest BCUT2D eigenvalue weighted by atomic mass is 16.4. The summed E-state index contributed by atoms with van der Waals surface area (Å²) in [5.74, 6) is -0.411. The fraction of sp³-hybridized carbons (Fsp3) is 0.375.